The number of amides is 2. The molecule has 2 aromatic carbocycles. The van der Waals surface area contributed by atoms with Gasteiger partial charge in [0.25, 0.3) is 5.91 Å². The smallest absolute Gasteiger partial charge is 0.255 e. The van der Waals surface area contributed by atoms with Crippen LogP contribution in [0.4, 0.5) is 5.69 Å². The first-order chi connectivity index (χ1) is 12.7. The van der Waals surface area contributed by atoms with E-state index >= 15 is 0 Å². The third-order valence-corrected chi connectivity index (χ3v) is 6.30. The lowest BCUT2D eigenvalue weighted by atomic mass is 10.2. The third-order valence-electron chi connectivity index (χ3n) is 4.02. The van der Waals surface area contributed by atoms with Crippen LogP contribution in [0.5, 0.6) is 0 Å². The second-order valence-corrected chi connectivity index (χ2v) is 9.23. The largest absolute Gasteiger partial charge is 0.332 e. The Labute approximate surface area is 167 Å². The van der Waals surface area contributed by atoms with Gasteiger partial charge in [0.15, 0.2) is 9.84 Å². The minimum atomic E-state index is -3.55. The summed E-state index contributed by atoms with van der Waals surface area (Å²) < 4.78 is 25.3. The van der Waals surface area contributed by atoms with Gasteiger partial charge in [-0.25, -0.2) is 8.42 Å². The van der Waals surface area contributed by atoms with Crippen LogP contribution in [-0.4, -0.2) is 44.5 Å². The van der Waals surface area contributed by atoms with Crippen molar-refractivity contribution in [2.75, 3.05) is 24.7 Å². The van der Waals surface area contributed by atoms with Crippen molar-refractivity contribution in [2.45, 2.75) is 18.7 Å². The summed E-state index contributed by atoms with van der Waals surface area (Å²) in [6, 6.07) is 11.5. The minimum Gasteiger partial charge on any atom is -0.332 e. The Hall–Kier alpha value is -2.19. The highest BCUT2D eigenvalue weighted by Crippen LogP contribution is 2.21. The SMILES string of the molecule is CCS(=O)(=O)c1ccccc1C(=O)N(C)CC(=O)Nc1ccc(Br)cc1C. The molecule has 0 unspecified atom stereocenters. The van der Waals surface area contributed by atoms with E-state index in [0.29, 0.717) is 5.69 Å². The molecule has 0 saturated carbocycles. The van der Waals surface area contributed by atoms with Crippen molar-refractivity contribution in [1.82, 2.24) is 4.90 Å². The van der Waals surface area contributed by atoms with Gasteiger partial charge in [-0.05, 0) is 42.8 Å². The van der Waals surface area contributed by atoms with Crippen LogP contribution in [0.15, 0.2) is 51.8 Å². The summed E-state index contributed by atoms with van der Waals surface area (Å²) in [6.45, 7) is 3.18. The van der Waals surface area contributed by atoms with E-state index in [1.807, 2.05) is 19.1 Å². The molecule has 0 bridgehead atoms. The average molecular weight is 453 g/mol. The highest BCUT2D eigenvalue weighted by atomic mass is 79.9. The predicted octanol–water partition coefficient (Wildman–Crippen LogP) is 3.26. The van der Waals surface area contributed by atoms with Crippen LogP contribution in [0.2, 0.25) is 0 Å². The number of sulfone groups is 1. The molecular formula is C19H21BrN2O4S. The van der Waals surface area contributed by atoms with Gasteiger partial charge in [-0.2, -0.15) is 0 Å². The van der Waals surface area contributed by atoms with E-state index in [2.05, 4.69) is 21.2 Å². The lowest BCUT2D eigenvalue weighted by Crippen LogP contribution is -2.35. The van der Waals surface area contributed by atoms with Crippen LogP contribution in [0, 0.1) is 6.92 Å². The van der Waals surface area contributed by atoms with Gasteiger partial charge in [0.2, 0.25) is 5.91 Å². The second kappa shape index (κ2) is 8.67. The molecule has 0 heterocycles. The van der Waals surface area contributed by atoms with Crippen molar-refractivity contribution in [2.24, 2.45) is 0 Å². The average Bonchev–Trinajstić information content (AvgIpc) is 2.63. The second-order valence-electron chi connectivity index (χ2n) is 6.07. The van der Waals surface area contributed by atoms with Crippen LogP contribution < -0.4 is 5.32 Å². The molecule has 0 aliphatic rings. The predicted molar refractivity (Wildman–Crippen MR) is 109 cm³/mol. The van der Waals surface area contributed by atoms with E-state index in [9.17, 15) is 18.0 Å². The van der Waals surface area contributed by atoms with E-state index < -0.39 is 15.7 Å². The summed E-state index contributed by atoms with van der Waals surface area (Å²) in [5.41, 5.74) is 1.60. The zero-order valence-corrected chi connectivity index (χ0v) is 17.7. The molecule has 2 rings (SSSR count). The fourth-order valence-electron chi connectivity index (χ4n) is 2.52. The molecular weight excluding hydrogens is 432 g/mol. The molecule has 144 valence electrons. The number of nitrogens with one attached hydrogen (secondary N) is 1. The summed E-state index contributed by atoms with van der Waals surface area (Å²) in [5, 5.41) is 2.76. The van der Waals surface area contributed by atoms with Crippen molar-refractivity contribution < 1.29 is 18.0 Å². The van der Waals surface area contributed by atoms with E-state index in [0.717, 1.165) is 10.0 Å². The maximum atomic E-state index is 12.7. The number of aryl methyl sites for hydroxylation is 1. The molecule has 8 heteroatoms. The maximum Gasteiger partial charge on any atom is 0.255 e. The molecule has 0 spiro atoms. The topological polar surface area (TPSA) is 83.6 Å². The van der Waals surface area contributed by atoms with Crippen molar-refractivity contribution in [3.63, 3.8) is 0 Å². The van der Waals surface area contributed by atoms with Crippen LogP contribution in [0.3, 0.4) is 0 Å². The highest BCUT2D eigenvalue weighted by Gasteiger charge is 2.23. The third kappa shape index (κ3) is 5.17. The molecule has 27 heavy (non-hydrogen) atoms. The van der Waals surface area contributed by atoms with Gasteiger partial charge in [-0.1, -0.05) is 35.0 Å². The van der Waals surface area contributed by atoms with Gasteiger partial charge in [0.1, 0.15) is 0 Å². The molecule has 0 radical (unpaired) electrons. The molecule has 0 aliphatic heterocycles. The van der Waals surface area contributed by atoms with Crippen molar-refractivity contribution in [1.29, 1.82) is 0 Å². The summed E-state index contributed by atoms with van der Waals surface area (Å²) in [4.78, 5) is 26.2. The zero-order chi connectivity index (χ0) is 20.2. The molecule has 2 aromatic rings. The number of nitrogens with zero attached hydrogens (tertiary/aromatic N) is 1. The zero-order valence-electron chi connectivity index (χ0n) is 15.3. The lowest BCUT2D eigenvalue weighted by Gasteiger charge is -2.19. The van der Waals surface area contributed by atoms with Gasteiger partial charge in [0, 0.05) is 17.2 Å². The van der Waals surface area contributed by atoms with E-state index in [1.165, 1.54) is 31.0 Å². The molecule has 2 amide bonds. The Morgan fingerprint density at radius 1 is 1.15 bits per heavy atom. The number of carbonyl (C=O) groups excluding carboxylic acids is 2. The first-order valence-corrected chi connectivity index (χ1v) is 10.7. The molecule has 0 aliphatic carbocycles. The molecule has 6 nitrogen and oxygen atoms in total. The van der Waals surface area contributed by atoms with Gasteiger partial charge in [-0.15, -0.1) is 0 Å². The lowest BCUT2D eigenvalue weighted by molar-refractivity contribution is -0.116. The molecule has 0 atom stereocenters. The number of anilines is 1. The fourth-order valence-corrected chi connectivity index (χ4v) is 4.08. The number of hydrogen-bond donors (Lipinski definition) is 1. The molecule has 0 saturated heterocycles. The maximum absolute atomic E-state index is 12.7. The quantitative estimate of drug-likeness (QED) is 0.728. The number of carbonyl (C=O) groups is 2. The van der Waals surface area contributed by atoms with Gasteiger partial charge >= 0.3 is 0 Å². The summed E-state index contributed by atoms with van der Waals surface area (Å²) >= 11 is 3.36. The summed E-state index contributed by atoms with van der Waals surface area (Å²) in [5.74, 6) is -0.998. The number of rotatable bonds is 6. The van der Waals surface area contributed by atoms with Crippen LogP contribution >= 0.6 is 15.9 Å². The Bertz CT molecular complexity index is 973. The number of halogens is 1. The molecule has 0 fully saturated rings. The normalized spacial score (nSPS) is 11.1. The Kier molecular flexibility index (Phi) is 6.78. The Morgan fingerprint density at radius 2 is 1.81 bits per heavy atom. The number of hydrogen-bond acceptors (Lipinski definition) is 4. The summed E-state index contributed by atoms with van der Waals surface area (Å²) in [6.07, 6.45) is 0. The summed E-state index contributed by atoms with van der Waals surface area (Å²) in [7, 11) is -2.08. The van der Waals surface area contributed by atoms with Gasteiger partial charge in [-0.3, -0.25) is 9.59 Å². The molecule has 0 aromatic heterocycles. The minimum absolute atomic E-state index is 0.0199. The van der Waals surface area contributed by atoms with Crippen LogP contribution in [0.25, 0.3) is 0 Å². The monoisotopic (exact) mass is 452 g/mol. The van der Waals surface area contributed by atoms with Gasteiger partial charge in [0.05, 0.1) is 22.8 Å². The molecule has 1 N–H and O–H groups in total. The van der Waals surface area contributed by atoms with Crippen molar-refractivity contribution in [3.05, 3.63) is 58.1 Å². The van der Waals surface area contributed by atoms with E-state index in [1.54, 1.807) is 18.2 Å². The van der Waals surface area contributed by atoms with Crippen molar-refractivity contribution in [3.8, 4) is 0 Å². The standard InChI is InChI=1S/C19H21BrN2O4S/c1-4-27(25,26)17-8-6-5-7-15(17)19(24)22(3)12-18(23)21-16-10-9-14(20)11-13(16)2/h5-11H,4,12H2,1-3H3,(H,21,23). The number of benzene rings is 2. The van der Waals surface area contributed by atoms with E-state index in [4.69, 9.17) is 0 Å². The van der Waals surface area contributed by atoms with Crippen LogP contribution in [-0.2, 0) is 14.6 Å². The Balaban J connectivity index is 2.15. The van der Waals surface area contributed by atoms with Crippen molar-refractivity contribution >= 4 is 43.3 Å². The highest BCUT2D eigenvalue weighted by molar-refractivity contribution is 9.10. The first-order valence-electron chi connectivity index (χ1n) is 8.29. The van der Waals surface area contributed by atoms with Gasteiger partial charge < -0.3 is 10.2 Å². The van der Waals surface area contributed by atoms with E-state index in [-0.39, 0.29) is 28.7 Å². The first kappa shape index (κ1) is 21.1. The number of likely N-dealkylation sites (N-methyl/N-ethyl adjacent to an activating group) is 1. The Morgan fingerprint density at radius 3 is 2.44 bits per heavy atom. The van der Waals surface area contributed by atoms with Crippen LogP contribution in [0.1, 0.15) is 22.8 Å². The fraction of sp³-hybridized carbons (Fsp3) is 0.263.